The van der Waals surface area contributed by atoms with Gasteiger partial charge in [-0.05, 0) is 19.8 Å². The topological polar surface area (TPSA) is 76.7 Å². The number of fused-ring (bicyclic) bond motifs is 2. The molecule has 128 valence electrons. The Hall–Kier alpha value is -2.44. The molecule has 2 aliphatic rings. The summed E-state index contributed by atoms with van der Waals surface area (Å²) in [6, 6.07) is 3.85. The van der Waals surface area contributed by atoms with E-state index in [-0.39, 0.29) is 11.9 Å². The predicted molar refractivity (Wildman–Crippen MR) is 88.7 cm³/mol. The van der Waals surface area contributed by atoms with Crippen molar-refractivity contribution in [1.29, 1.82) is 0 Å². The van der Waals surface area contributed by atoms with E-state index in [4.69, 9.17) is 14.2 Å². The van der Waals surface area contributed by atoms with Crippen LogP contribution in [0.3, 0.4) is 0 Å². The van der Waals surface area contributed by atoms with Gasteiger partial charge in [0.15, 0.2) is 11.5 Å². The van der Waals surface area contributed by atoms with Crippen LogP contribution in [0.5, 0.6) is 11.5 Å². The van der Waals surface area contributed by atoms with Gasteiger partial charge in [-0.3, -0.25) is 4.79 Å². The van der Waals surface area contributed by atoms with Gasteiger partial charge in [0.2, 0.25) is 5.95 Å². The van der Waals surface area contributed by atoms with Gasteiger partial charge in [-0.2, -0.15) is 0 Å². The van der Waals surface area contributed by atoms with Crippen molar-refractivity contribution in [1.82, 2.24) is 9.97 Å². The standard InChI is InChI=1S/C17H21N3O4/c1-2-22-16(21)11-3-5-20(6-4-11)17-18-12-9-14-15(10-13(12)19-17)24-8-7-23-14/h9-11H,2-8H2,1H3,(H,18,19). The second-order valence-corrected chi connectivity index (χ2v) is 6.09. The number of piperidine rings is 1. The van der Waals surface area contributed by atoms with Crippen molar-refractivity contribution >= 4 is 23.0 Å². The number of rotatable bonds is 3. The van der Waals surface area contributed by atoms with Crippen LogP contribution >= 0.6 is 0 Å². The van der Waals surface area contributed by atoms with Crippen LogP contribution in [0.1, 0.15) is 19.8 Å². The number of imidazole rings is 1. The molecule has 2 aliphatic heterocycles. The quantitative estimate of drug-likeness (QED) is 0.868. The minimum atomic E-state index is -0.0799. The number of nitrogens with one attached hydrogen (secondary N) is 1. The molecule has 0 bridgehead atoms. The summed E-state index contributed by atoms with van der Waals surface area (Å²) in [6.45, 7) is 5.00. The molecule has 7 heteroatoms. The van der Waals surface area contributed by atoms with Crippen LogP contribution in [-0.4, -0.2) is 48.8 Å². The number of hydrogen-bond acceptors (Lipinski definition) is 6. The number of anilines is 1. The van der Waals surface area contributed by atoms with Gasteiger partial charge in [0.05, 0.1) is 23.6 Å². The molecule has 24 heavy (non-hydrogen) atoms. The number of hydrogen-bond donors (Lipinski definition) is 1. The van der Waals surface area contributed by atoms with E-state index >= 15 is 0 Å². The fourth-order valence-corrected chi connectivity index (χ4v) is 3.27. The van der Waals surface area contributed by atoms with Crippen LogP contribution in [0.4, 0.5) is 5.95 Å². The van der Waals surface area contributed by atoms with Crippen molar-refractivity contribution < 1.29 is 19.0 Å². The highest BCUT2D eigenvalue weighted by atomic mass is 16.6. The smallest absolute Gasteiger partial charge is 0.309 e. The first-order valence-corrected chi connectivity index (χ1v) is 8.45. The van der Waals surface area contributed by atoms with E-state index < -0.39 is 0 Å². The molecule has 0 unspecified atom stereocenters. The number of carbonyl (C=O) groups excluding carboxylic acids is 1. The number of aromatic amines is 1. The number of benzene rings is 1. The van der Waals surface area contributed by atoms with E-state index in [1.165, 1.54) is 0 Å². The average Bonchev–Trinajstić information content (AvgIpc) is 3.03. The molecule has 1 aromatic heterocycles. The Morgan fingerprint density at radius 1 is 1.29 bits per heavy atom. The first-order chi connectivity index (χ1) is 11.7. The first-order valence-electron chi connectivity index (χ1n) is 8.45. The predicted octanol–water partition coefficient (Wildman–Crippen LogP) is 2.11. The number of H-pyrrole nitrogens is 1. The Morgan fingerprint density at radius 3 is 2.71 bits per heavy atom. The first kappa shape index (κ1) is 15.1. The molecule has 2 aromatic rings. The molecule has 3 heterocycles. The maximum absolute atomic E-state index is 11.8. The highest BCUT2D eigenvalue weighted by Crippen LogP contribution is 2.35. The van der Waals surface area contributed by atoms with Crippen molar-refractivity contribution in [2.45, 2.75) is 19.8 Å². The highest BCUT2D eigenvalue weighted by Gasteiger charge is 2.27. The summed E-state index contributed by atoms with van der Waals surface area (Å²) >= 11 is 0. The minimum absolute atomic E-state index is 0.000285. The fourth-order valence-electron chi connectivity index (χ4n) is 3.27. The van der Waals surface area contributed by atoms with Gasteiger partial charge in [-0.1, -0.05) is 0 Å². The van der Waals surface area contributed by atoms with E-state index in [9.17, 15) is 4.79 Å². The molecule has 0 aliphatic carbocycles. The van der Waals surface area contributed by atoms with Crippen molar-refractivity contribution in [3.63, 3.8) is 0 Å². The van der Waals surface area contributed by atoms with Gasteiger partial charge in [0, 0.05) is 25.2 Å². The number of ether oxygens (including phenoxy) is 3. The molecule has 1 aromatic carbocycles. The third kappa shape index (κ3) is 2.74. The molecule has 0 saturated carbocycles. The van der Waals surface area contributed by atoms with Gasteiger partial charge in [0.25, 0.3) is 0 Å². The summed E-state index contributed by atoms with van der Waals surface area (Å²) in [5, 5.41) is 0. The van der Waals surface area contributed by atoms with Crippen LogP contribution in [0.15, 0.2) is 12.1 Å². The van der Waals surface area contributed by atoms with E-state index in [2.05, 4.69) is 14.9 Å². The largest absolute Gasteiger partial charge is 0.486 e. The van der Waals surface area contributed by atoms with Crippen molar-refractivity contribution in [3.8, 4) is 11.5 Å². The zero-order valence-corrected chi connectivity index (χ0v) is 13.7. The summed E-state index contributed by atoms with van der Waals surface area (Å²) in [4.78, 5) is 22.0. The van der Waals surface area contributed by atoms with Gasteiger partial charge >= 0.3 is 5.97 Å². The lowest BCUT2D eigenvalue weighted by Crippen LogP contribution is -2.37. The van der Waals surface area contributed by atoms with E-state index in [0.717, 1.165) is 54.4 Å². The molecule has 1 saturated heterocycles. The molecular weight excluding hydrogens is 310 g/mol. The lowest BCUT2D eigenvalue weighted by Gasteiger charge is -2.30. The molecule has 4 rings (SSSR count). The Balaban J connectivity index is 1.50. The fraction of sp³-hybridized carbons (Fsp3) is 0.529. The Bertz CT molecular complexity index is 707. The van der Waals surface area contributed by atoms with Crippen LogP contribution in [0.25, 0.3) is 11.0 Å². The lowest BCUT2D eigenvalue weighted by atomic mass is 9.97. The third-order valence-electron chi connectivity index (χ3n) is 4.55. The zero-order valence-electron chi connectivity index (χ0n) is 13.7. The molecule has 0 spiro atoms. The van der Waals surface area contributed by atoms with Gasteiger partial charge in [0.1, 0.15) is 13.2 Å². The van der Waals surface area contributed by atoms with E-state index in [0.29, 0.717) is 19.8 Å². The number of aromatic nitrogens is 2. The summed E-state index contributed by atoms with van der Waals surface area (Å²) in [7, 11) is 0. The van der Waals surface area contributed by atoms with Gasteiger partial charge in [-0.15, -0.1) is 0 Å². The Morgan fingerprint density at radius 2 is 2.00 bits per heavy atom. The third-order valence-corrected chi connectivity index (χ3v) is 4.55. The van der Waals surface area contributed by atoms with Crippen LogP contribution in [-0.2, 0) is 9.53 Å². The van der Waals surface area contributed by atoms with Gasteiger partial charge in [-0.25, -0.2) is 4.98 Å². The summed E-state index contributed by atoms with van der Waals surface area (Å²) in [5.41, 5.74) is 1.79. The second-order valence-electron chi connectivity index (χ2n) is 6.09. The summed E-state index contributed by atoms with van der Waals surface area (Å²) in [5.74, 6) is 2.25. The normalized spacial score (nSPS) is 18.0. The van der Waals surface area contributed by atoms with Crippen LogP contribution < -0.4 is 14.4 Å². The molecule has 0 radical (unpaired) electrons. The number of esters is 1. The Kier molecular flexibility index (Phi) is 3.92. The molecule has 1 fully saturated rings. The number of carbonyl (C=O) groups is 1. The van der Waals surface area contributed by atoms with Gasteiger partial charge < -0.3 is 24.1 Å². The number of nitrogens with zero attached hydrogens (tertiary/aromatic N) is 2. The summed E-state index contributed by atoms with van der Waals surface area (Å²) in [6.07, 6.45) is 1.58. The monoisotopic (exact) mass is 331 g/mol. The molecule has 7 nitrogen and oxygen atoms in total. The zero-order chi connectivity index (χ0) is 16.5. The maximum Gasteiger partial charge on any atom is 0.309 e. The minimum Gasteiger partial charge on any atom is -0.486 e. The van der Waals surface area contributed by atoms with E-state index in [1.54, 1.807) is 0 Å². The van der Waals surface area contributed by atoms with Crippen molar-refractivity contribution in [3.05, 3.63) is 12.1 Å². The average molecular weight is 331 g/mol. The second kappa shape index (κ2) is 6.22. The molecular formula is C17H21N3O4. The van der Waals surface area contributed by atoms with E-state index in [1.807, 2.05) is 19.1 Å². The van der Waals surface area contributed by atoms with Crippen LogP contribution in [0.2, 0.25) is 0 Å². The summed E-state index contributed by atoms with van der Waals surface area (Å²) < 4.78 is 16.3. The Labute approximate surface area is 139 Å². The molecule has 0 atom stereocenters. The van der Waals surface area contributed by atoms with Crippen LogP contribution in [0, 0.1) is 5.92 Å². The molecule has 0 amide bonds. The highest BCUT2D eigenvalue weighted by molar-refractivity contribution is 5.82. The van der Waals surface area contributed by atoms with Crippen molar-refractivity contribution in [2.24, 2.45) is 5.92 Å². The lowest BCUT2D eigenvalue weighted by molar-refractivity contribution is -0.148. The SMILES string of the molecule is CCOC(=O)C1CCN(c2nc3cc4c(cc3[nH]2)OCCO4)CC1. The molecule has 1 N–H and O–H groups in total. The van der Waals surface area contributed by atoms with Crippen molar-refractivity contribution in [2.75, 3.05) is 37.8 Å². The maximum atomic E-state index is 11.8.